The molecule has 0 saturated heterocycles. The number of aromatic amines is 1. The smallest absolute Gasteiger partial charge is 0.182 e. The number of nitrogens with one attached hydrogen (secondary N) is 2. The fourth-order valence-electron chi connectivity index (χ4n) is 3.56. The van der Waals surface area contributed by atoms with E-state index in [4.69, 9.17) is 0 Å². The molecule has 0 atom stereocenters. The van der Waals surface area contributed by atoms with E-state index in [0.717, 1.165) is 33.1 Å². The number of imidazole rings is 1. The van der Waals surface area contributed by atoms with Gasteiger partial charge in [0.15, 0.2) is 11.5 Å². The Labute approximate surface area is 165 Å². The molecular formula is C22H17FN6. The summed E-state index contributed by atoms with van der Waals surface area (Å²) in [5.74, 6) is 0.433. The van der Waals surface area contributed by atoms with Crippen LogP contribution in [0.4, 0.5) is 10.2 Å². The molecule has 0 amide bonds. The second-order valence-corrected chi connectivity index (χ2v) is 6.68. The van der Waals surface area contributed by atoms with Crippen molar-refractivity contribution in [1.82, 2.24) is 24.9 Å². The summed E-state index contributed by atoms with van der Waals surface area (Å²) in [6, 6.07) is 14.7. The minimum atomic E-state index is -0.262. The number of benzene rings is 2. The van der Waals surface area contributed by atoms with Gasteiger partial charge in [-0.3, -0.25) is 4.98 Å². The fraction of sp³-hybridized carbons (Fsp3) is 0.0909. The first-order valence-electron chi connectivity index (χ1n) is 9.30. The number of H-pyrrole nitrogens is 1. The molecular weight excluding hydrogens is 367 g/mol. The highest BCUT2D eigenvalue weighted by Gasteiger charge is 2.13. The highest BCUT2D eigenvalue weighted by atomic mass is 19.1. The van der Waals surface area contributed by atoms with Crippen LogP contribution in [-0.4, -0.2) is 31.5 Å². The van der Waals surface area contributed by atoms with E-state index in [2.05, 4.69) is 30.2 Å². The predicted molar refractivity (Wildman–Crippen MR) is 111 cm³/mol. The molecule has 0 bridgehead atoms. The van der Waals surface area contributed by atoms with Gasteiger partial charge in [0.25, 0.3) is 0 Å². The van der Waals surface area contributed by atoms with Crippen LogP contribution in [0, 0.1) is 5.82 Å². The molecule has 0 aliphatic carbocycles. The molecule has 7 heteroatoms. The molecule has 0 radical (unpaired) electrons. The van der Waals surface area contributed by atoms with E-state index in [9.17, 15) is 4.39 Å². The Morgan fingerprint density at radius 1 is 0.966 bits per heavy atom. The average molecular weight is 384 g/mol. The quantitative estimate of drug-likeness (QED) is 0.471. The first-order chi connectivity index (χ1) is 14.3. The standard InChI is InChI=1S/C22H17FN6/c23-16-6-3-5-14(10-16)19-17-7-2-1-4-15(17)11-25-18(19)8-9-24-21-20-22(27-12-26-20)29-13-28-21/h1-7,10-13H,8-9H2,(H2,24,26,27,28,29). The van der Waals surface area contributed by atoms with Gasteiger partial charge in [0.2, 0.25) is 0 Å². The van der Waals surface area contributed by atoms with Gasteiger partial charge < -0.3 is 10.3 Å². The van der Waals surface area contributed by atoms with Crippen molar-refractivity contribution in [2.24, 2.45) is 0 Å². The molecule has 0 aliphatic rings. The van der Waals surface area contributed by atoms with Crippen LogP contribution in [0.2, 0.25) is 0 Å². The minimum Gasteiger partial charge on any atom is -0.368 e. The van der Waals surface area contributed by atoms with Crippen molar-refractivity contribution in [2.45, 2.75) is 6.42 Å². The molecule has 142 valence electrons. The molecule has 5 rings (SSSR count). The van der Waals surface area contributed by atoms with Crippen LogP contribution in [0.5, 0.6) is 0 Å². The topological polar surface area (TPSA) is 79.4 Å². The summed E-state index contributed by atoms with van der Waals surface area (Å²) in [6.45, 7) is 0.610. The van der Waals surface area contributed by atoms with E-state index in [1.165, 1.54) is 12.4 Å². The van der Waals surface area contributed by atoms with Crippen LogP contribution in [0.3, 0.4) is 0 Å². The van der Waals surface area contributed by atoms with Crippen LogP contribution < -0.4 is 5.32 Å². The van der Waals surface area contributed by atoms with Gasteiger partial charge in [0.05, 0.1) is 12.0 Å². The van der Waals surface area contributed by atoms with Crippen molar-refractivity contribution in [2.75, 3.05) is 11.9 Å². The predicted octanol–water partition coefficient (Wildman–Crippen LogP) is 4.36. The number of pyridine rings is 1. The van der Waals surface area contributed by atoms with Gasteiger partial charge in [-0.1, -0.05) is 36.4 Å². The Kier molecular flexibility index (Phi) is 4.32. The van der Waals surface area contributed by atoms with Gasteiger partial charge in [0, 0.05) is 30.1 Å². The number of fused-ring (bicyclic) bond motifs is 2. The lowest BCUT2D eigenvalue weighted by atomic mass is 9.96. The third-order valence-corrected chi connectivity index (χ3v) is 4.87. The first-order valence-corrected chi connectivity index (χ1v) is 9.30. The summed E-state index contributed by atoms with van der Waals surface area (Å²) in [7, 11) is 0. The number of nitrogens with zero attached hydrogens (tertiary/aromatic N) is 4. The number of aromatic nitrogens is 5. The van der Waals surface area contributed by atoms with E-state index < -0.39 is 0 Å². The Morgan fingerprint density at radius 2 is 1.90 bits per heavy atom. The molecule has 2 N–H and O–H groups in total. The van der Waals surface area contributed by atoms with Gasteiger partial charge in [0.1, 0.15) is 17.7 Å². The van der Waals surface area contributed by atoms with Gasteiger partial charge in [-0.2, -0.15) is 0 Å². The molecule has 29 heavy (non-hydrogen) atoms. The fourth-order valence-corrected chi connectivity index (χ4v) is 3.56. The maximum Gasteiger partial charge on any atom is 0.182 e. The monoisotopic (exact) mass is 384 g/mol. The van der Waals surface area contributed by atoms with Crippen molar-refractivity contribution < 1.29 is 4.39 Å². The summed E-state index contributed by atoms with van der Waals surface area (Å²) in [4.78, 5) is 20.3. The Hall–Kier alpha value is -3.87. The van der Waals surface area contributed by atoms with Crippen molar-refractivity contribution in [1.29, 1.82) is 0 Å². The number of anilines is 1. The maximum atomic E-state index is 13.9. The zero-order valence-electron chi connectivity index (χ0n) is 15.4. The molecule has 6 nitrogen and oxygen atoms in total. The van der Waals surface area contributed by atoms with Crippen LogP contribution >= 0.6 is 0 Å². The lowest BCUT2D eigenvalue weighted by Gasteiger charge is -2.13. The van der Waals surface area contributed by atoms with E-state index in [0.29, 0.717) is 24.4 Å². The van der Waals surface area contributed by atoms with Crippen molar-refractivity contribution >= 4 is 27.8 Å². The Bertz CT molecular complexity index is 1310. The van der Waals surface area contributed by atoms with Crippen molar-refractivity contribution in [3.05, 3.63) is 78.9 Å². The molecule has 0 saturated carbocycles. The van der Waals surface area contributed by atoms with Crippen molar-refractivity contribution in [3.63, 3.8) is 0 Å². The van der Waals surface area contributed by atoms with E-state index in [1.807, 2.05) is 36.5 Å². The van der Waals surface area contributed by atoms with E-state index >= 15 is 0 Å². The molecule has 0 spiro atoms. The molecule has 0 aliphatic heterocycles. The number of hydrogen-bond donors (Lipinski definition) is 2. The van der Waals surface area contributed by atoms with Crippen LogP contribution in [0.25, 0.3) is 33.1 Å². The summed E-state index contributed by atoms with van der Waals surface area (Å²) in [6.07, 6.45) is 5.59. The summed E-state index contributed by atoms with van der Waals surface area (Å²) >= 11 is 0. The molecule has 3 aromatic heterocycles. The molecule has 0 unspecified atom stereocenters. The second-order valence-electron chi connectivity index (χ2n) is 6.68. The zero-order valence-corrected chi connectivity index (χ0v) is 15.4. The SMILES string of the molecule is Fc1cccc(-c2c(CCNc3ncnc4nc[nH]c34)ncc3ccccc23)c1. The molecule has 2 aromatic carbocycles. The second kappa shape index (κ2) is 7.27. The first kappa shape index (κ1) is 17.2. The Morgan fingerprint density at radius 3 is 2.83 bits per heavy atom. The van der Waals surface area contributed by atoms with Crippen LogP contribution in [0.15, 0.2) is 67.4 Å². The van der Waals surface area contributed by atoms with Gasteiger partial charge in [-0.15, -0.1) is 0 Å². The lowest BCUT2D eigenvalue weighted by Crippen LogP contribution is -2.09. The van der Waals surface area contributed by atoms with E-state index in [1.54, 1.807) is 18.5 Å². The third kappa shape index (κ3) is 3.27. The normalized spacial score (nSPS) is 11.2. The summed E-state index contributed by atoms with van der Waals surface area (Å²) in [5.41, 5.74) is 4.06. The Balaban J connectivity index is 1.50. The van der Waals surface area contributed by atoms with Crippen LogP contribution in [0.1, 0.15) is 5.69 Å². The zero-order chi connectivity index (χ0) is 19.6. The summed E-state index contributed by atoms with van der Waals surface area (Å²) < 4.78 is 13.9. The molecule has 5 aromatic rings. The van der Waals surface area contributed by atoms with Crippen LogP contribution in [-0.2, 0) is 6.42 Å². The molecule has 3 heterocycles. The van der Waals surface area contributed by atoms with Crippen molar-refractivity contribution in [3.8, 4) is 11.1 Å². The largest absolute Gasteiger partial charge is 0.368 e. The minimum absolute atomic E-state index is 0.262. The third-order valence-electron chi connectivity index (χ3n) is 4.87. The maximum absolute atomic E-state index is 13.9. The van der Waals surface area contributed by atoms with Gasteiger partial charge in [-0.25, -0.2) is 19.3 Å². The highest BCUT2D eigenvalue weighted by molar-refractivity contribution is 5.97. The average Bonchev–Trinajstić information content (AvgIpc) is 3.23. The van der Waals surface area contributed by atoms with E-state index in [-0.39, 0.29) is 5.82 Å². The molecule has 0 fully saturated rings. The summed E-state index contributed by atoms with van der Waals surface area (Å²) in [5, 5.41) is 5.41. The number of halogens is 1. The number of rotatable bonds is 5. The van der Waals surface area contributed by atoms with Gasteiger partial charge >= 0.3 is 0 Å². The number of hydrogen-bond acceptors (Lipinski definition) is 5. The lowest BCUT2D eigenvalue weighted by molar-refractivity contribution is 0.628. The highest BCUT2D eigenvalue weighted by Crippen LogP contribution is 2.31. The van der Waals surface area contributed by atoms with Gasteiger partial charge in [-0.05, 0) is 23.1 Å².